The van der Waals surface area contributed by atoms with E-state index < -0.39 is 5.82 Å². The van der Waals surface area contributed by atoms with Crippen molar-refractivity contribution in [3.63, 3.8) is 0 Å². The van der Waals surface area contributed by atoms with E-state index in [2.05, 4.69) is 0 Å². The van der Waals surface area contributed by atoms with Gasteiger partial charge in [-0.05, 0) is 24.6 Å². The summed E-state index contributed by atoms with van der Waals surface area (Å²) < 4.78 is 13.2. The molecule has 0 atom stereocenters. The van der Waals surface area contributed by atoms with Crippen LogP contribution in [0.1, 0.15) is 15.9 Å². The monoisotopic (exact) mass is 196 g/mol. The van der Waals surface area contributed by atoms with E-state index in [-0.39, 0.29) is 11.6 Å². The number of nitrogens with two attached hydrogens (primary N) is 1. The van der Waals surface area contributed by atoms with Crippen molar-refractivity contribution in [2.75, 3.05) is 19.8 Å². The van der Waals surface area contributed by atoms with Crippen LogP contribution in [0.25, 0.3) is 0 Å². The van der Waals surface area contributed by atoms with E-state index in [0.29, 0.717) is 11.1 Å². The Morgan fingerprint density at radius 3 is 2.43 bits per heavy atom. The van der Waals surface area contributed by atoms with Crippen LogP contribution in [0.4, 0.5) is 10.1 Å². The zero-order valence-electron chi connectivity index (χ0n) is 8.47. The van der Waals surface area contributed by atoms with Crippen LogP contribution < -0.4 is 5.73 Å². The van der Waals surface area contributed by atoms with E-state index in [9.17, 15) is 9.18 Å². The average Bonchev–Trinajstić information content (AvgIpc) is 2.12. The highest BCUT2D eigenvalue weighted by molar-refractivity contribution is 5.94. The van der Waals surface area contributed by atoms with Crippen molar-refractivity contribution in [3.8, 4) is 0 Å². The highest BCUT2D eigenvalue weighted by Crippen LogP contribution is 2.18. The molecule has 14 heavy (non-hydrogen) atoms. The van der Waals surface area contributed by atoms with Gasteiger partial charge in [-0.3, -0.25) is 4.79 Å². The fourth-order valence-corrected chi connectivity index (χ4v) is 1.14. The molecule has 0 saturated carbocycles. The van der Waals surface area contributed by atoms with Crippen molar-refractivity contribution >= 4 is 11.6 Å². The van der Waals surface area contributed by atoms with Gasteiger partial charge in [0.05, 0.1) is 5.69 Å². The summed E-state index contributed by atoms with van der Waals surface area (Å²) in [5, 5.41) is 0. The van der Waals surface area contributed by atoms with E-state index in [1.807, 2.05) is 0 Å². The minimum atomic E-state index is -0.546. The van der Waals surface area contributed by atoms with Gasteiger partial charge in [0.1, 0.15) is 5.82 Å². The molecule has 0 aliphatic rings. The fourth-order valence-electron chi connectivity index (χ4n) is 1.14. The van der Waals surface area contributed by atoms with E-state index >= 15 is 0 Å². The van der Waals surface area contributed by atoms with Crippen molar-refractivity contribution in [2.45, 2.75) is 6.92 Å². The molecule has 0 aliphatic carbocycles. The number of anilines is 1. The molecule has 0 aromatic heterocycles. The first-order valence-corrected chi connectivity index (χ1v) is 4.20. The molecule has 0 spiro atoms. The summed E-state index contributed by atoms with van der Waals surface area (Å²) in [6.45, 7) is 1.67. The molecule has 0 heterocycles. The van der Waals surface area contributed by atoms with Crippen LogP contribution in [0.5, 0.6) is 0 Å². The van der Waals surface area contributed by atoms with Crippen LogP contribution in [0.15, 0.2) is 12.1 Å². The van der Waals surface area contributed by atoms with E-state index in [0.717, 1.165) is 6.07 Å². The van der Waals surface area contributed by atoms with Gasteiger partial charge in [0.25, 0.3) is 5.91 Å². The van der Waals surface area contributed by atoms with Crippen LogP contribution >= 0.6 is 0 Å². The number of hydrogen-bond donors (Lipinski definition) is 1. The van der Waals surface area contributed by atoms with Gasteiger partial charge in [0.15, 0.2) is 0 Å². The summed E-state index contributed by atoms with van der Waals surface area (Å²) in [6.07, 6.45) is 0. The Labute approximate surface area is 82.3 Å². The van der Waals surface area contributed by atoms with E-state index in [1.54, 1.807) is 27.1 Å². The topological polar surface area (TPSA) is 46.3 Å². The largest absolute Gasteiger partial charge is 0.396 e. The lowest BCUT2D eigenvalue weighted by Crippen LogP contribution is -2.22. The number of aryl methyl sites for hydroxylation is 1. The highest BCUT2D eigenvalue weighted by atomic mass is 19.1. The number of hydrogen-bond acceptors (Lipinski definition) is 2. The first kappa shape index (κ1) is 10.5. The molecule has 1 aromatic carbocycles. The first-order chi connectivity index (χ1) is 6.43. The quantitative estimate of drug-likeness (QED) is 0.690. The fraction of sp³-hybridized carbons (Fsp3) is 0.300. The standard InChI is InChI=1S/C10H13FN2O/c1-6-4-7(10(14)13(2)3)5-8(11)9(6)12/h4-5H,12H2,1-3H3. The number of amides is 1. The molecule has 3 nitrogen and oxygen atoms in total. The molecule has 1 aromatic rings. The predicted octanol–water partition coefficient (Wildman–Crippen LogP) is 1.42. The zero-order chi connectivity index (χ0) is 10.9. The summed E-state index contributed by atoms with van der Waals surface area (Å²) in [5.41, 5.74) is 6.42. The number of nitrogen functional groups attached to an aromatic ring is 1. The number of carbonyl (C=O) groups excluding carboxylic acids is 1. The van der Waals surface area contributed by atoms with Crippen LogP contribution in [-0.2, 0) is 0 Å². The lowest BCUT2D eigenvalue weighted by Gasteiger charge is -2.11. The second-order valence-corrected chi connectivity index (χ2v) is 3.39. The maximum Gasteiger partial charge on any atom is 0.253 e. The summed E-state index contributed by atoms with van der Waals surface area (Å²) in [6, 6.07) is 2.74. The van der Waals surface area contributed by atoms with Gasteiger partial charge in [0, 0.05) is 19.7 Å². The molecule has 76 valence electrons. The smallest absolute Gasteiger partial charge is 0.253 e. The summed E-state index contributed by atoms with van der Waals surface area (Å²) in [7, 11) is 3.23. The van der Waals surface area contributed by atoms with Gasteiger partial charge >= 0.3 is 0 Å². The van der Waals surface area contributed by atoms with Gasteiger partial charge in [0.2, 0.25) is 0 Å². The van der Waals surface area contributed by atoms with Gasteiger partial charge in [-0.1, -0.05) is 0 Å². The molecular weight excluding hydrogens is 183 g/mol. The Morgan fingerprint density at radius 1 is 1.43 bits per heavy atom. The van der Waals surface area contributed by atoms with Crippen LogP contribution in [0.3, 0.4) is 0 Å². The lowest BCUT2D eigenvalue weighted by molar-refractivity contribution is 0.0827. The first-order valence-electron chi connectivity index (χ1n) is 4.20. The van der Waals surface area contributed by atoms with E-state index in [4.69, 9.17) is 5.73 Å². The number of carbonyl (C=O) groups is 1. The van der Waals surface area contributed by atoms with Gasteiger partial charge in [-0.25, -0.2) is 4.39 Å². The molecule has 0 aliphatic heterocycles. The highest BCUT2D eigenvalue weighted by Gasteiger charge is 2.12. The van der Waals surface area contributed by atoms with Crippen LogP contribution in [0.2, 0.25) is 0 Å². The summed E-state index contributed by atoms with van der Waals surface area (Å²) in [5.74, 6) is -0.776. The molecule has 4 heteroatoms. The Morgan fingerprint density at radius 2 is 2.00 bits per heavy atom. The summed E-state index contributed by atoms with van der Waals surface area (Å²) in [4.78, 5) is 12.9. The third-order valence-electron chi connectivity index (χ3n) is 1.99. The SMILES string of the molecule is Cc1cc(C(=O)N(C)C)cc(F)c1N. The average molecular weight is 196 g/mol. The summed E-state index contributed by atoms with van der Waals surface area (Å²) >= 11 is 0. The van der Waals surface area contributed by atoms with Crippen molar-refractivity contribution in [1.29, 1.82) is 0 Å². The Kier molecular flexibility index (Phi) is 2.74. The molecule has 1 rings (SSSR count). The second kappa shape index (κ2) is 3.65. The Hall–Kier alpha value is -1.58. The third kappa shape index (κ3) is 1.84. The number of halogens is 1. The Balaban J connectivity index is 3.19. The Bertz CT molecular complexity index is 351. The molecule has 0 unspecified atom stereocenters. The van der Waals surface area contributed by atoms with Crippen molar-refractivity contribution < 1.29 is 9.18 Å². The minimum absolute atomic E-state index is 0.0975. The molecule has 0 bridgehead atoms. The van der Waals surface area contributed by atoms with Gasteiger partial charge in [-0.15, -0.1) is 0 Å². The molecule has 0 fully saturated rings. The minimum Gasteiger partial charge on any atom is -0.396 e. The second-order valence-electron chi connectivity index (χ2n) is 3.39. The molecule has 0 saturated heterocycles. The molecule has 0 radical (unpaired) electrons. The molecular formula is C10H13FN2O. The maximum absolute atomic E-state index is 13.2. The third-order valence-corrected chi connectivity index (χ3v) is 1.99. The van der Waals surface area contributed by atoms with Crippen LogP contribution in [-0.4, -0.2) is 24.9 Å². The number of nitrogens with zero attached hydrogens (tertiary/aromatic N) is 1. The van der Waals surface area contributed by atoms with Gasteiger partial charge in [-0.2, -0.15) is 0 Å². The zero-order valence-corrected chi connectivity index (χ0v) is 8.47. The van der Waals surface area contributed by atoms with E-state index in [1.165, 1.54) is 4.90 Å². The van der Waals surface area contributed by atoms with Crippen molar-refractivity contribution in [1.82, 2.24) is 4.90 Å². The lowest BCUT2D eigenvalue weighted by atomic mass is 10.1. The normalized spacial score (nSPS) is 10.0. The number of benzene rings is 1. The molecule has 1 amide bonds. The van der Waals surface area contributed by atoms with Crippen molar-refractivity contribution in [3.05, 3.63) is 29.1 Å². The van der Waals surface area contributed by atoms with Gasteiger partial charge < -0.3 is 10.6 Å². The maximum atomic E-state index is 13.2. The van der Waals surface area contributed by atoms with Crippen LogP contribution in [0, 0.1) is 12.7 Å². The molecule has 2 N–H and O–H groups in total. The number of rotatable bonds is 1. The predicted molar refractivity (Wildman–Crippen MR) is 53.6 cm³/mol. The van der Waals surface area contributed by atoms with Crippen molar-refractivity contribution in [2.24, 2.45) is 0 Å².